The molecule has 2 amide bonds. The highest BCUT2D eigenvalue weighted by atomic mass is 16.2. The number of nitrogens with zero attached hydrogens (tertiary/aromatic N) is 1. The Bertz CT molecular complexity index is 615. The maximum atomic E-state index is 12.3. The van der Waals surface area contributed by atoms with Crippen molar-refractivity contribution in [2.45, 2.75) is 27.2 Å². The summed E-state index contributed by atoms with van der Waals surface area (Å²) in [5, 5.41) is 3.05. The minimum absolute atomic E-state index is 0.0537. The van der Waals surface area contributed by atoms with E-state index in [1.165, 1.54) is 4.90 Å². The molecule has 2 fully saturated rings. The van der Waals surface area contributed by atoms with Crippen molar-refractivity contribution in [1.29, 1.82) is 0 Å². The van der Waals surface area contributed by atoms with E-state index in [1.54, 1.807) is 0 Å². The van der Waals surface area contributed by atoms with E-state index in [2.05, 4.69) is 12.2 Å². The zero-order valence-corrected chi connectivity index (χ0v) is 14.9. The third kappa shape index (κ3) is 3.78. The number of para-hydroxylation sites is 1. The number of quaternary nitrogens is 1. The summed E-state index contributed by atoms with van der Waals surface area (Å²) in [6, 6.07) is 6.03. The molecule has 1 aromatic rings. The first-order valence-electron chi connectivity index (χ1n) is 8.94. The molecule has 130 valence electrons. The number of aryl methyl sites for hydroxylation is 2. The fourth-order valence-electron chi connectivity index (χ4n) is 3.54. The predicted molar refractivity (Wildman–Crippen MR) is 94.0 cm³/mol. The molecule has 0 radical (unpaired) electrons. The lowest BCUT2D eigenvalue weighted by Crippen LogP contribution is -3.15. The molecular formula is C19H28N3O2+. The number of hydrogen-bond acceptors (Lipinski definition) is 2. The Morgan fingerprint density at radius 2 is 1.79 bits per heavy atom. The molecule has 1 aromatic carbocycles. The number of hydrogen-bond donors (Lipinski definition) is 2. The number of piperazine rings is 1. The van der Waals surface area contributed by atoms with Gasteiger partial charge in [0.2, 0.25) is 5.91 Å². The van der Waals surface area contributed by atoms with Gasteiger partial charge in [0.1, 0.15) is 0 Å². The minimum atomic E-state index is 0.0537. The number of nitrogens with one attached hydrogen (secondary N) is 2. The molecule has 0 aromatic heterocycles. The van der Waals surface area contributed by atoms with E-state index in [0.717, 1.165) is 49.4 Å². The minimum Gasteiger partial charge on any atom is -0.331 e. The van der Waals surface area contributed by atoms with Gasteiger partial charge in [-0.25, -0.2) is 0 Å². The molecule has 2 N–H and O–H groups in total. The molecule has 1 heterocycles. The lowest BCUT2D eigenvalue weighted by Gasteiger charge is -2.32. The van der Waals surface area contributed by atoms with Crippen LogP contribution in [0.2, 0.25) is 0 Å². The Morgan fingerprint density at radius 3 is 2.33 bits per heavy atom. The second kappa shape index (κ2) is 6.93. The van der Waals surface area contributed by atoms with Gasteiger partial charge in [0.05, 0.1) is 26.2 Å². The summed E-state index contributed by atoms with van der Waals surface area (Å²) >= 11 is 0. The van der Waals surface area contributed by atoms with E-state index in [9.17, 15) is 9.59 Å². The Kier molecular flexibility index (Phi) is 4.90. The maximum Gasteiger partial charge on any atom is 0.279 e. The highest BCUT2D eigenvalue weighted by Gasteiger charge is 2.42. The fraction of sp³-hybridized carbons (Fsp3) is 0.579. The van der Waals surface area contributed by atoms with Gasteiger partial charge in [-0.2, -0.15) is 0 Å². The molecule has 5 nitrogen and oxygen atoms in total. The second-order valence-corrected chi connectivity index (χ2v) is 7.39. The van der Waals surface area contributed by atoms with Gasteiger partial charge in [-0.15, -0.1) is 0 Å². The topological polar surface area (TPSA) is 53.9 Å². The summed E-state index contributed by atoms with van der Waals surface area (Å²) in [4.78, 5) is 27.8. The molecule has 0 unspecified atom stereocenters. The van der Waals surface area contributed by atoms with Crippen LogP contribution in [-0.2, 0) is 9.59 Å². The van der Waals surface area contributed by atoms with Gasteiger partial charge < -0.3 is 15.1 Å². The van der Waals surface area contributed by atoms with Crippen molar-refractivity contribution >= 4 is 17.5 Å². The molecule has 5 heteroatoms. The van der Waals surface area contributed by atoms with Crippen LogP contribution in [0.4, 0.5) is 5.69 Å². The van der Waals surface area contributed by atoms with Crippen molar-refractivity contribution in [3.05, 3.63) is 29.3 Å². The molecule has 2 aliphatic rings. The number of carbonyl (C=O) groups is 2. The summed E-state index contributed by atoms with van der Waals surface area (Å²) in [5.41, 5.74) is 3.11. The first-order valence-corrected chi connectivity index (χ1v) is 8.94. The van der Waals surface area contributed by atoms with Crippen LogP contribution in [0.3, 0.4) is 0 Å². The van der Waals surface area contributed by atoms with Crippen LogP contribution in [0.1, 0.15) is 24.5 Å². The van der Waals surface area contributed by atoms with E-state index >= 15 is 0 Å². The molecule has 0 spiro atoms. The molecule has 1 saturated heterocycles. The summed E-state index contributed by atoms with van der Waals surface area (Å²) in [6.45, 7) is 9.89. The summed E-state index contributed by atoms with van der Waals surface area (Å²) < 4.78 is 0. The highest BCUT2D eigenvalue weighted by Crippen LogP contribution is 2.39. The van der Waals surface area contributed by atoms with E-state index < -0.39 is 0 Å². The highest BCUT2D eigenvalue weighted by molar-refractivity contribution is 5.93. The molecule has 1 aliphatic heterocycles. The lowest BCUT2D eigenvalue weighted by atomic mass is 10.1. The number of benzene rings is 1. The normalized spacial score (nSPS) is 23.9. The molecule has 0 bridgehead atoms. The summed E-state index contributed by atoms with van der Waals surface area (Å²) in [5.74, 6) is 1.20. The fourth-order valence-corrected chi connectivity index (χ4v) is 3.54. The van der Waals surface area contributed by atoms with Crippen molar-refractivity contribution in [1.82, 2.24) is 4.90 Å². The average Bonchev–Trinajstić information content (AvgIpc) is 3.28. The first kappa shape index (κ1) is 17.0. The number of amides is 2. The van der Waals surface area contributed by atoms with Gasteiger partial charge in [0.15, 0.2) is 6.54 Å². The maximum absolute atomic E-state index is 12.3. The van der Waals surface area contributed by atoms with Gasteiger partial charge in [-0.1, -0.05) is 25.1 Å². The van der Waals surface area contributed by atoms with Crippen LogP contribution >= 0.6 is 0 Å². The molecule has 2 atom stereocenters. The van der Waals surface area contributed by atoms with Crippen molar-refractivity contribution in [2.75, 3.05) is 38.0 Å². The molecular weight excluding hydrogens is 302 g/mol. The van der Waals surface area contributed by atoms with Gasteiger partial charge in [0.25, 0.3) is 5.91 Å². The summed E-state index contributed by atoms with van der Waals surface area (Å²) in [7, 11) is 0. The van der Waals surface area contributed by atoms with Crippen molar-refractivity contribution < 1.29 is 14.5 Å². The lowest BCUT2D eigenvalue weighted by molar-refractivity contribution is -0.895. The summed E-state index contributed by atoms with van der Waals surface area (Å²) in [6.07, 6.45) is 1.05. The van der Waals surface area contributed by atoms with Crippen LogP contribution < -0.4 is 10.2 Å². The van der Waals surface area contributed by atoms with Crippen LogP contribution in [0.15, 0.2) is 18.2 Å². The zero-order chi connectivity index (χ0) is 17.3. The third-order valence-corrected chi connectivity index (χ3v) is 5.36. The van der Waals surface area contributed by atoms with Gasteiger partial charge in [0, 0.05) is 11.6 Å². The van der Waals surface area contributed by atoms with Crippen LogP contribution in [-0.4, -0.2) is 49.4 Å². The number of anilines is 1. The van der Waals surface area contributed by atoms with E-state index in [4.69, 9.17) is 0 Å². The van der Waals surface area contributed by atoms with E-state index in [-0.39, 0.29) is 11.8 Å². The van der Waals surface area contributed by atoms with E-state index in [0.29, 0.717) is 18.4 Å². The first-order chi connectivity index (χ1) is 11.5. The molecule has 24 heavy (non-hydrogen) atoms. The van der Waals surface area contributed by atoms with Crippen LogP contribution in [0.25, 0.3) is 0 Å². The largest absolute Gasteiger partial charge is 0.331 e. The van der Waals surface area contributed by atoms with Crippen LogP contribution in [0, 0.1) is 25.7 Å². The molecule has 1 saturated carbocycles. The molecule has 1 aliphatic carbocycles. The molecule has 3 rings (SSSR count). The van der Waals surface area contributed by atoms with Crippen LogP contribution in [0.5, 0.6) is 0 Å². The van der Waals surface area contributed by atoms with Gasteiger partial charge in [-0.05, 0) is 37.3 Å². The van der Waals surface area contributed by atoms with Crippen molar-refractivity contribution in [3.8, 4) is 0 Å². The smallest absolute Gasteiger partial charge is 0.279 e. The van der Waals surface area contributed by atoms with Crippen molar-refractivity contribution in [3.63, 3.8) is 0 Å². The Labute approximate surface area is 144 Å². The van der Waals surface area contributed by atoms with Crippen molar-refractivity contribution in [2.24, 2.45) is 11.8 Å². The monoisotopic (exact) mass is 330 g/mol. The average molecular weight is 330 g/mol. The van der Waals surface area contributed by atoms with Gasteiger partial charge >= 0.3 is 0 Å². The quantitative estimate of drug-likeness (QED) is 0.851. The zero-order valence-electron chi connectivity index (χ0n) is 14.9. The standard InChI is InChI=1S/C19H27N3O2/c1-13-5-4-6-14(2)18(13)20-17(23)12-21-7-9-22(10-8-21)19(24)16-11-15(16)3/h4-6,15-16H,7-12H2,1-3H3,(H,20,23)/p+1/t15-,16+/m0/s1. The second-order valence-electron chi connectivity index (χ2n) is 7.39. The third-order valence-electron chi connectivity index (χ3n) is 5.36. The Hall–Kier alpha value is -1.88. The van der Waals surface area contributed by atoms with E-state index in [1.807, 2.05) is 36.9 Å². The van der Waals surface area contributed by atoms with Gasteiger partial charge in [-0.3, -0.25) is 9.59 Å². The Balaban J connectivity index is 1.47. The predicted octanol–water partition coefficient (Wildman–Crippen LogP) is 0.625. The number of rotatable bonds is 4. The Morgan fingerprint density at radius 1 is 1.21 bits per heavy atom. The SMILES string of the molecule is Cc1cccc(C)c1NC(=O)C[NH+]1CCN(C(=O)[C@@H]2C[C@@H]2C)CC1. The number of carbonyl (C=O) groups excluding carboxylic acids is 2.